The van der Waals surface area contributed by atoms with Crippen molar-refractivity contribution in [2.75, 3.05) is 49.1 Å². The highest BCUT2D eigenvalue weighted by molar-refractivity contribution is 7.91. The fourth-order valence-electron chi connectivity index (χ4n) is 3.26. The molecule has 1 atom stereocenters. The number of anilines is 1. The van der Waals surface area contributed by atoms with Crippen LogP contribution in [0.3, 0.4) is 0 Å². The molecule has 8 heteroatoms. The summed E-state index contributed by atoms with van der Waals surface area (Å²) in [5, 5.41) is 12.7. The predicted molar refractivity (Wildman–Crippen MR) is 92.0 cm³/mol. The molecule has 0 aromatic heterocycles. The second-order valence-electron chi connectivity index (χ2n) is 6.42. The molecule has 1 aromatic rings. The maximum absolute atomic E-state index is 12.1. The van der Waals surface area contributed by atoms with E-state index in [-0.39, 0.29) is 35.7 Å². The number of aromatic hydroxyl groups is 1. The average molecular weight is 353 g/mol. The van der Waals surface area contributed by atoms with E-state index >= 15 is 0 Å². The summed E-state index contributed by atoms with van der Waals surface area (Å²) in [5.74, 6) is 0.371. The minimum absolute atomic E-state index is 0.0554. The number of hydrogen-bond acceptors (Lipinski definition) is 6. The zero-order chi connectivity index (χ0) is 17.2. The van der Waals surface area contributed by atoms with Crippen LogP contribution in [0.2, 0.25) is 0 Å². The fourth-order valence-corrected chi connectivity index (χ4v) is 4.94. The highest BCUT2D eigenvalue weighted by atomic mass is 32.2. The first kappa shape index (κ1) is 17.0. The molecule has 2 aliphatic heterocycles. The largest absolute Gasteiger partial charge is 0.506 e. The molecule has 7 nitrogen and oxygen atoms in total. The van der Waals surface area contributed by atoms with E-state index in [1.54, 1.807) is 12.1 Å². The van der Waals surface area contributed by atoms with E-state index < -0.39 is 9.84 Å². The molecule has 2 aliphatic rings. The lowest BCUT2D eigenvalue weighted by Gasteiger charge is -2.36. The molecule has 24 heavy (non-hydrogen) atoms. The van der Waals surface area contributed by atoms with Gasteiger partial charge in [0.1, 0.15) is 5.75 Å². The van der Waals surface area contributed by atoms with Gasteiger partial charge in [0, 0.05) is 32.2 Å². The van der Waals surface area contributed by atoms with Crippen LogP contribution in [0.25, 0.3) is 0 Å². The molecule has 0 aliphatic carbocycles. The van der Waals surface area contributed by atoms with Crippen LogP contribution in [0.4, 0.5) is 5.69 Å². The first-order chi connectivity index (χ1) is 11.4. The molecule has 132 valence electrons. The van der Waals surface area contributed by atoms with E-state index in [2.05, 4.69) is 15.1 Å². The van der Waals surface area contributed by atoms with Crippen molar-refractivity contribution in [3.05, 3.63) is 24.3 Å². The Hall–Kier alpha value is -1.80. The van der Waals surface area contributed by atoms with Gasteiger partial charge in [0.2, 0.25) is 5.91 Å². The zero-order valence-electron chi connectivity index (χ0n) is 13.5. The van der Waals surface area contributed by atoms with E-state index in [4.69, 9.17) is 0 Å². The van der Waals surface area contributed by atoms with Gasteiger partial charge in [-0.05, 0) is 18.6 Å². The van der Waals surface area contributed by atoms with E-state index in [1.807, 2.05) is 12.1 Å². The summed E-state index contributed by atoms with van der Waals surface area (Å²) >= 11 is 0. The van der Waals surface area contributed by atoms with Crippen molar-refractivity contribution in [2.24, 2.45) is 0 Å². The summed E-state index contributed by atoms with van der Waals surface area (Å²) in [6.07, 6.45) is 0.509. The molecule has 1 aromatic carbocycles. The smallest absolute Gasteiger partial charge is 0.234 e. The van der Waals surface area contributed by atoms with E-state index in [0.29, 0.717) is 6.42 Å². The SMILES string of the molecule is O=C(CN1CCN(c2ccccc2O)CC1)N[C@H]1CCS(=O)(=O)C1. The Labute approximate surface area is 142 Å². The number of sulfone groups is 1. The molecule has 1 amide bonds. The first-order valence-corrected chi connectivity index (χ1v) is 10.0. The van der Waals surface area contributed by atoms with Crippen molar-refractivity contribution in [3.63, 3.8) is 0 Å². The van der Waals surface area contributed by atoms with Crippen LogP contribution in [0.1, 0.15) is 6.42 Å². The molecule has 0 radical (unpaired) electrons. The van der Waals surface area contributed by atoms with E-state index in [0.717, 1.165) is 31.9 Å². The number of phenols is 1. The van der Waals surface area contributed by atoms with Crippen LogP contribution < -0.4 is 10.2 Å². The third-order valence-corrected chi connectivity index (χ3v) is 6.33. The predicted octanol–water partition coefficient (Wildman–Crippen LogP) is -0.182. The number of nitrogens with one attached hydrogen (secondary N) is 1. The molecule has 2 saturated heterocycles. The Morgan fingerprint density at radius 2 is 1.92 bits per heavy atom. The summed E-state index contributed by atoms with van der Waals surface area (Å²) < 4.78 is 22.8. The monoisotopic (exact) mass is 353 g/mol. The summed E-state index contributed by atoms with van der Waals surface area (Å²) in [7, 11) is -2.97. The van der Waals surface area contributed by atoms with Crippen LogP contribution >= 0.6 is 0 Å². The van der Waals surface area contributed by atoms with Crippen molar-refractivity contribution in [2.45, 2.75) is 12.5 Å². The Kier molecular flexibility index (Phi) is 4.96. The molecule has 2 heterocycles. The second-order valence-corrected chi connectivity index (χ2v) is 8.65. The number of amides is 1. The van der Waals surface area contributed by atoms with Crippen LogP contribution in [-0.2, 0) is 14.6 Å². The number of rotatable bonds is 4. The fraction of sp³-hybridized carbons (Fsp3) is 0.562. The number of carbonyl (C=O) groups is 1. The minimum atomic E-state index is -2.97. The lowest BCUT2D eigenvalue weighted by atomic mass is 10.2. The second kappa shape index (κ2) is 6.98. The average Bonchev–Trinajstić information content (AvgIpc) is 2.87. The molecule has 0 unspecified atom stereocenters. The summed E-state index contributed by atoms with van der Waals surface area (Å²) in [5.41, 5.74) is 0.817. The number of hydrogen-bond donors (Lipinski definition) is 2. The molecular formula is C16H23N3O4S. The maximum atomic E-state index is 12.1. The summed E-state index contributed by atoms with van der Waals surface area (Å²) in [6.45, 7) is 3.21. The first-order valence-electron chi connectivity index (χ1n) is 8.18. The van der Waals surface area contributed by atoms with Crippen LogP contribution in [0.15, 0.2) is 24.3 Å². The lowest BCUT2D eigenvalue weighted by Crippen LogP contribution is -2.50. The maximum Gasteiger partial charge on any atom is 0.234 e. The molecule has 0 spiro atoms. The zero-order valence-corrected chi connectivity index (χ0v) is 14.3. The van der Waals surface area contributed by atoms with Gasteiger partial charge >= 0.3 is 0 Å². The van der Waals surface area contributed by atoms with Crippen LogP contribution in [0.5, 0.6) is 5.75 Å². The van der Waals surface area contributed by atoms with Gasteiger partial charge in [0.15, 0.2) is 9.84 Å². The van der Waals surface area contributed by atoms with Crippen molar-refractivity contribution in [3.8, 4) is 5.75 Å². The topological polar surface area (TPSA) is 89.9 Å². The van der Waals surface area contributed by atoms with Gasteiger partial charge in [-0.3, -0.25) is 9.69 Å². The summed E-state index contributed by atoms with van der Waals surface area (Å²) in [4.78, 5) is 16.2. The van der Waals surface area contributed by atoms with E-state index in [1.165, 1.54) is 0 Å². The number of nitrogens with zero attached hydrogens (tertiary/aromatic N) is 2. The number of phenolic OH excluding ortho intramolecular Hbond substituents is 1. The molecule has 2 N–H and O–H groups in total. The third-order valence-electron chi connectivity index (χ3n) is 4.56. The number of benzene rings is 1. The molecule has 2 fully saturated rings. The van der Waals surface area contributed by atoms with E-state index in [9.17, 15) is 18.3 Å². The Bertz CT molecular complexity index is 699. The van der Waals surface area contributed by atoms with Gasteiger partial charge in [0.05, 0.1) is 23.7 Å². The van der Waals surface area contributed by atoms with Crippen LogP contribution in [0, 0.1) is 0 Å². The Morgan fingerprint density at radius 1 is 1.21 bits per heavy atom. The van der Waals surface area contributed by atoms with Gasteiger partial charge in [-0.2, -0.15) is 0 Å². The van der Waals surface area contributed by atoms with Gasteiger partial charge in [-0.1, -0.05) is 12.1 Å². The molecule has 0 saturated carbocycles. The third kappa shape index (κ3) is 4.18. The molecule has 0 bridgehead atoms. The summed E-state index contributed by atoms with van der Waals surface area (Å²) in [6, 6.07) is 7.00. The molecule has 3 rings (SSSR count). The standard InChI is InChI=1S/C16H23N3O4S/c20-15-4-2-1-3-14(15)19-8-6-18(7-9-19)11-16(21)17-13-5-10-24(22,23)12-13/h1-4,13,20H,5-12H2,(H,17,21)/t13-/m0/s1. The Morgan fingerprint density at radius 3 is 2.54 bits per heavy atom. The molecular weight excluding hydrogens is 330 g/mol. The highest BCUT2D eigenvalue weighted by Gasteiger charge is 2.29. The van der Waals surface area contributed by atoms with Gasteiger partial charge in [0.25, 0.3) is 0 Å². The minimum Gasteiger partial charge on any atom is -0.506 e. The van der Waals surface area contributed by atoms with Crippen LogP contribution in [-0.4, -0.2) is 74.6 Å². The lowest BCUT2D eigenvalue weighted by molar-refractivity contribution is -0.122. The van der Waals surface area contributed by atoms with Gasteiger partial charge in [-0.25, -0.2) is 8.42 Å². The normalized spacial score (nSPS) is 24.0. The Balaban J connectivity index is 1.45. The number of carbonyl (C=O) groups excluding carboxylic acids is 1. The quantitative estimate of drug-likeness (QED) is 0.780. The van der Waals surface area contributed by atoms with Crippen molar-refractivity contribution < 1.29 is 18.3 Å². The highest BCUT2D eigenvalue weighted by Crippen LogP contribution is 2.27. The van der Waals surface area contributed by atoms with Gasteiger partial charge < -0.3 is 15.3 Å². The number of para-hydroxylation sites is 2. The van der Waals surface area contributed by atoms with Crippen molar-refractivity contribution in [1.29, 1.82) is 0 Å². The van der Waals surface area contributed by atoms with Crippen molar-refractivity contribution in [1.82, 2.24) is 10.2 Å². The van der Waals surface area contributed by atoms with Crippen molar-refractivity contribution >= 4 is 21.4 Å². The van der Waals surface area contributed by atoms with Gasteiger partial charge in [-0.15, -0.1) is 0 Å². The number of piperazine rings is 1.